The van der Waals surface area contributed by atoms with Gasteiger partial charge in [0.1, 0.15) is 0 Å². The molecular weight excluding hydrogens is 322 g/mol. The minimum absolute atomic E-state index is 0.0198. The second kappa shape index (κ2) is 6.24. The molecule has 1 aromatic carbocycles. The molecule has 0 radical (unpaired) electrons. The minimum atomic E-state index is -0.221. The molecule has 2 fully saturated rings. The summed E-state index contributed by atoms with van der Waals surface area (Å²) in [6, 6.07) is 7.70. The van der Waals surface area contributed by atoms with Gasteiger partial charge in [-0.15, -0.1) is 0 Å². The highest BCUT2D eigenvalue weighted by Gasteiger charge is 2.31. The molecule has 1 aliphatic carbocycles. The number of carbonyl (C=O) groups is 1. The van der Waals surface area contributed by atoms with Crippen LogP contribution in [0.1, 0.15) is 38.6 Å². The number of benzene rings is 1. The average molecular weight is 343 g/mol. The van der Waals surface area contributed by atoms with Gasteiger partial charge in [-0.2, -0.15) is 0 Å². The molecule has 5 nitrogen and oxygen atoms in total. The van der Waals surface area contributed by atoms with E-state index in [0.29, 0.717) is 16.1 Å². The van der Waals surface area contributed by atoms with Crippen molar-refractivity contribution in [2.24, 2.45) is 0 Å². The molecule has 1 saturated heterocycles. The summed E-state index contributed by atoms with van der Waals surface area (Å²) in [6.07, 6.45) is 4.21. The maximum atomic E-state index is 12.9. The van der Waals surface area contributed by atoms with Crippen molar-refractivity contribution < 1.29 is 4.79 Å². The zero-order valence-corrected chi connectivity index (χ0v) is 14.6. The standard InChI is InChI=1S/C18H21N3O2S/c1-12(16(22)20-10-4-5-11-20)24-18-19-15-7-3-2-6-14(15)17(23)21(18)13-8-9-13/h2-3,6-7,12-13H,4-5,8-11H2,1H3/t12-/m0/s1. The maximum absolute atomic E-state index is 12.9. The first-order valence-electron chi connectivity index (χ1n) is 8.62. The van der Waals surface area contributed by atoms with Crippen molar-refractivity contribution in [3.05, 3.63) is 34.6 Å². The fraction of sp³-hybridized carbons (Fsp3) is 0.500. The molecule has 1 aromatic heterocycles. The summed E-state index contributed by atoms with van der Waals surface area (Å²) in [5.41, 5.74) is 0.731. The van der Waals surface area contributed by atoms with E-state index in [1.807, 2.05) is 36.1 Å². The van der Waals surface area contributed by atoms with Gasteiger partial charge >= 0.3 is 0 Å². The fourth-order valence-corrected chi connectivity index (χ4v) is 4.33. The monoisotopic (exact) mass is 343 g/mol. The normalized spacial score (nSPS) is 19.0. The summed E-state index contributed by atoms with van der Waals surface area (Å²) in [7, 11) is 0. The summed E-state index contributed by atoms with van der Waals surface area (Å²) in [6.45, 7) is 3.62. The lowest BCUT2D eigenvalue weighted by atomic mass is 10.2. The number of aromatic nitrogens is 2. The average Bonchev–Trinajstić information content (AvgIpc) is 3.26. The first-order valence-corrected chi connectivity index (χ1v) is 9.50. The number of amides is 1. The number of fused-ring (bicyclic) bond motifs is 1. The van der Waals surface area contributed by atoms with Gasteiger partial charge < -0.3 is 4.90 Å². The highest BCUT2D eigenvalue weighted by molar-refractivity contribution is 8.00. The number of rotatable bonds is 4. The molecule has 126 valence electrons. The Morgan fingerprint density at radius 1 is 1.25 bits per heavy atom. The van der Waals surface area contributed by atoms with Crippen molar-refractivity contribution in [1.82, 2.24) is 14.5 Å². The van der Waals surface area contributed by atoms with Gasteiger partial charge in [-0.1, -0.05) is 23.9 Å². The number of thioether (sulfide) groups is 1. The van der Waals surface area contributed by atoms with Crippen molar-refractivity contribution in [3.63, 3.8) is 0 Å². The molecule has 24 heavy (non-hydrogen) atoms. The lowest BCUT2D eigenvalue weighted by Crippen LogP contribution is -2.34. The zero-order chi connectivity index (χ0) is 16.7. The first-order chi connectivity index (χ1) is 11.6. The molecule has 1 amide bonds. The van der Waals surface area contributed by atoms with Gasteiger partial charge in [0.15, 0.2) is 5.16 Å². The van der Waals surface area contributed by atoms with Crippen LogP contribution in [0.4, 0.5) is 0 Å². The zero-order valence-electron chi connectivity index (χ0n) is 13.8. The number of carbonyl (C=O) groups excluding carboxylic acids is 1. The van der Waals surface area contributed by atoms with E-state index in [2.05, 4.69) is 0 Å². The number of nitrogens with zero attached hydrogens (tertiary/aromatic N) is 3. The van der Waals surface area contributed by atoms with Crippen molar-refractivity contribution >= 4 is 28.6 Å². The van der Waals surface area contributed by atoms with Gasteiger partial charge in [0.25, 0.3) is 5.56 Å². The van der Waals surface area contributed by atoms with Gasteiger partial charge in [0.2, 0.25) is 5.91 Å². The molecule has 2 aliphatic rings. The largest absolute Gasteiger partial charge is 0.342 e. The molecule has 1 aliphatic heterocycles. The highest BCUT2D eigenvalue weighted by atomic mass is 32.2. The van der Waals surface area contributed by atoms with Crippen LogP contribution < -0.4 is 5.56 Å². The Hall–Kier alpha value is -1.82. The molecule has 2 aromatic rings. The topological polar surface area (TPSA) is 55.2 Å². The molecule has 0 bridgehead atoms. The molecular formula is C18H21N3O2S. The van der Waals surface area contributed by atoms with Crippen LogP contribution in [-0.2, 0) is 4.79 Å². The van der Waals surface area contributed by atoms with Crippen LogP contribution in [0.25, 0.3) is 10.9 Å². The molecule has 4 rings (SSSR count). The Morgan fingerprint density at radius 2 is 1.96 bits per heavy atom. The van der Waals surface area contributed by atoms with Crippen molar-refractivity contribution in [1.29, 1.82) is 0 Å². The first kappa shape index (κ1) is 15.7. The molecule has 0 unspecified atom stereocenters. The van der Waals surface area contributed by atoms with E-state index in [4.69, 9.17) is 4.98 Å². The van der Waals surface area contributed by atoms with Crippen molar-refractivity contribution in [3.8, 4) is 0 Å². The lowest BCUT2D eigenvalue weighted by molar-refractivity contribution is -0.129. The smallest absolute Gasteiger partial charge is 0.262 e. The SMILES string of the molecule is C[C@H](Sc1nc2ccccc2c(=O)n1C1CC1)C(=O)N1CCCC1. The second-order valence-electron chi connectivity index (χ2n) is 6.61. The summed E-state index contributed by atoms with van der Waals surface area (Å²) in [5, 5.41) is 1.12. The van der Waals surface area contributed by atoms with Gasteiger partial charge in [-0.3, -0.25) is 14.2 Å². The van der Waals surface area contributed by atoms with Crippen LogP contribution in [0.2, 0.25) is 0 Å². The van der Waals surface area contributed by atoms with Crippen LogP contribution in [0.5, 0.6) is 0 Å². The molecule has 0 spiro atoms. The third-order valence-electron chi connectivity index (χ3n) is 4.74. The Kier molecular flexibility index (Phi) is 4.08. The number of hydrogen-bond acceptors (Lipinski definition) is 4. The number of likely N-dealkylation sites (tertiary alicyclic amines) is 1. The number of para-hydroxylation sites is 1. The van der Waals surface area contributed by atoms with E-state index in [-0.39, 0.29) is 22.8 Å². The number of hydrogen-bond donors (Lipinski definition) is 0. The quantitative estimate of drug-likeness (QED) is 0.633. The van der Waals surface area contributed by atoms with E-state index in [9.17, 15) is 9.59 Å². The van der Waals surface area contributed by atoms with E-state index < -0.39 is 0 Å². The third-order valence-corrected chi connectivity index (χ3v) is 5.79. The predicted octanol–water partition coefficient (Wildman–Crippen LogP) is 2.83. The summed E-state index contributed by atoms with van der Waals surface area (Å²) >= 11 is 1.42. The Labute approximate surface area is 145 Å². The second-order valence-corrected chi connectivity index (χ2v) is 7.92. The van der Waals surface area contributed by atoms with Gasteiger partial charge in [0, 0.05) is 19.1 Å². The lowest BCUT2D eigenvalue weighted by Gasteiger charge is -2.21. The molecule has 6 heteroatoms. The molecule has 1 saturated carbocycles. The van der Waals surface area contributed by atoms with Crippen LogP contribution in [-0.4, -0.2) is 38.7 Å². The fourth-order valence-electron chi connectivity index (χ4n) is 3.27. The summed E-state index contributed by atoms with van der Waals surface area (Å²) in [4.78, 5) is 32.1. The Morgan fingerprint density at radius 3 is 2.67 bits per heavy atom. The van der Waals surface area contributed by atoms with Gasteiger partial charge in [0.05, 0.1) is 16.2 Å². The molecule has 0 N–H and O–H groups in total. The van der Waals surface area contributed by atoms with Crippen molar-refractivity contribution in [2.75, 3.05) is 13.1 Å². The predicted molar refractivity (Wildman–Crippen MR) is 95.4 cm³/mol. The maximum Gasteiger partial charge on any atom is 0.262 e. The summed E-state index contributed by atoms with van der Waals surface area (Å²) in [5.74, 6) is 0.155. The van der Waals surface area contributed by atoms with Crippen LogP contribution in [0.3, 0.4) is 0 Å². The Balaban J connectivity index is 1.69. The molecule has 1 atom stereocenters. The third kappa shape index (κ3) is 2.83. The minimum Gasteiger partial charge on any atom is -0.342 e. The van der Waals surface area contributed by atoms with E-state index >= 15 is 0 Å². The Bertz CT molecular complexity index is 838. The van der Waals surface area contributed by atoms with Crippen LogP contribution in [0.15, 0.2) is 34.2 Å². The summed E-state index contributed by atoms with van der Waals surface area (Å²) < 4.78 is 1.81. The van der Waals surface area contributed by atoms with E-state index in [1.165, 1.54) is 11.8 Å². The van der Waals surface area contributed by atoms with Gasteiger partial charge in [-0.25, -0.2) is 4.98 Å². The van der Waals surface area contributed by atoms with E-state index in [0.717, 1.165) is 38.8 Å². The van der Waals surface area contributed by atoms with E-state index in [1.54, 1.807) is 4.57 Å². The highest BCUT2D eigenvalue weighted by Crippen LogP contribution is 2.37. The van der Waals surface area contributed by atoms with Crippen molar-refractivity contribution in [2.45, 2.75) is 49.1 Å². The van der Waals surface area contributed by atoms with Gasteiger partial charge in [-0.05, 0) is 44.7 Å². The molecule has 2 heterocycles. The van der Waals surface area contributed by atoms with Crippen LogP contribution >= 0.6 is 11.8 Å². The van der Waals surface area contributed by atoms with Crippen LogP contribution in [0, 0.1) is 0 Å².